The second-order valence-corrected chi connectivity index (χ2v) is 5.76. The van der Waals surface area contributed by atoms with Crippen molar-refractivity contribution in [2.45, 2.75) is 32.1 Å². The highest BCUT2D eigenvalue weighted by Crippen LogP contribution is 2.53. The van der Waals surface area contributed by atoms with Crippen LogP contribution < -0.4 is 0 Å². The highest BCUT2D eigenvalue weighted by molar-refractivity contribution is 7.04. The second kappa shape index (κ2) is 5.14. The summed E-state index contributed by atoms with van der Waals surface area (Å²) in [6.07, 6.45) is 7.71. The number of fused-ring (bicyclic) bond motifs is 3. The molecule has 0 amide bonds. The zero-order valence-corrected chi connectivity index (χ0v) is 13.4. The smallest absolute Gasteiger partial charge is 0.0675 e. The zero-order chi connectivity index (χ0) is 15.0. The lowest BCUT2D eigenvalue weighted by Gasteiger charge is -2.29. The summed E-state index contributed by atoms with van der Waals surface area (Å²) in [5.74, 6) is 2.77. The van der Waals surface area contributed by atoms with E-state index in [0.29, 0.717) is 0 Å². The molecule has 1 aliphatic rings. The summed E-state index contributed by atoms with van der Waals surface area (Å²) in [4.78, 5) is 0. The summed E-state index contributed by atoms with van der Waals surface area (Å²) in [5, 5.41) is 0. The third kappa shape index (κ3) is 1.87. The van der Waals surface area contributed by atoms with Gasteiger partial charge in [-0.2, -0.15) is 0 Å². The first kappa shape index (κ1) is 14.1. The molecule has 2 aromatic rings. The Hall–Kier alpha value is -1.90. The molecule has 21 heavy (non-hydrogen) atoms. The van der Waals surface area contributed by atoms with Gasteiger partial charge in [-0.1, -0.05) is 31.9 Å². The molecule has 0 spiro atoms. The number of rotatable bonds is 3. The average Bonchev–Trinajstić information content (AvgIpc) is 2.83. The normalized spacial score (nSPS) is 14.1. The molecule has 1 aliphatic carbocycles. The van der Waals surface area contributed by atoms with Gasteiger partial charge in [-0.3, -0.25) is 0 Å². The summed E-state index contributed by atoms with van der Waals surface area (Å²) in [6.45, 7) is 4.50. The molecular weight excluding hydrogens is 273 g/mol. The first-order valence-corrected chi connectivity index (χ1v) is 7.78. The summed E-state index contributed by atoms with van der Waals surface area (Å²) in [6, 6.07) is 12.8. The Kier molecular flexibility index (Phi) is 3.44. The van der Waals surface area contributed by atoms with Crippen molar-refractivity contribution in [1.82, 2.24) is 0 Å². The highest BCUT2D eigenvalue weighted by Gasteiger charge is 2.40. The van der Waals surface area contributed by atoms with Crippen LogP contribution in [0, 0.1) is 12.3 Å². The van der Waals surface area contributed by atoms with E-state index in [-0.39, 0.29) is 5.41 Å². The number of nitrogens with zero attached hydrogens (tertiary/aromatic N) is 1. The van der Waals surface area contributed by atoms with E-state index in [0.717, 1.165) is 24.1 Å². The summed E-state index contributed by atoms with van der Waals surface area (Å²) in [5.41, 5.74) is 7.33. The molecule has 104 valence electrons. The Labute approximate surface area is 128 Å². The Morgan fingerprint density at radius 2 is 1.67 bits per heavy atom. The van der Waals surface area contributed by atoms with Crippen molar-refractivity contribution >= 4 is 14.7 Å². The van der Waals surface area contributed by atoms with E-state index in [4.69, 9.17) is 6.42 Å². The molecule has 0 aliphatic heterocycles. The van der Waals surface area contributed by atoms with Crippen molar-refractivity contribution in [3.63, 3.8) is 0 Å². The number of benzene rings is 2. The van der Waals surface area contributed by atoms with Crippen molar-refractivity contribution in [1.29, 1.82) is 0 Å². The van der Waals surface area contributed by atoms with E-state index in [9.17, 15) is 0 Å². The topological polar surface area (TPSA) is 12.4 Å². The Morgan fingerprint density at radius 1 is 1.05 bits per heavy atom. The fourth-order valence-corrected chi connectivity index (χ4v) is 3.79. The van der Waals surface area contributed by atoms with Crippen LogP contribution in [-0.2, 0) is 5.41 Å². The molecule has 1 nitrogen and oxygen atoms in total. The summed E-state index contributed by atoms with van der Waals surface area (Å²) >= 11 is 0. The van der Waals surface area contributed by atoms with Crippen molar-refractivity contribution < 1.29 is 0 Å². The first-order valence-electron chi connectivity index (χ1n) is 7.33. The van der Waals surface area contributed by atoms with Crippen molar-refractivity contribution in [3.8, 4) is 23.5 Å². The van der Waals surface area contributed by atoms with Crippen LogP contribution >= 0.6 is 9.03 Å². The van der Waals surface area contributed by atoms with Gasteiger partial charge < -0.3 is 0 Å². The van der Waals surface area contributed by atoms with Gasteiger partial charge in [0.1, 0.15) is 0 Å². The van der Waals surface area contributed by atoms with Gasteiger partial charge in [-0.25, -0.2) is 4.74 Å². The van der Waals surface area contributed by atoms with Crippen molar-refractivity contribution in [3.05, 3.63) is 53.1 Å². The van der Waals surface area contributed by atoms with Gasteiger partial charge in [0.2, 0.25) is 0 Å². The molecule has 3 rings (SSSR count). The van der Waals surface area contributed by atoms with E-state index in [2.05, 4.69) is 57.8 Å². The van der Waals surface area contributed by atoms with Gasteiger partial charge in [-0.15, -0.1) is 6.42 Å². The average molecular weight is 291 g/mol. The summed E-state index contributed by atoms with van der Waals surface area (Å²) in [7, 11) is 3.25. The fourth-order valence-electron chi connectivity index (χ4n) is 3.65. The molecule has 0 atom stereocenters. The fraction of sp³-hybridized carbons (Fsp3) is 0.263. The van der Waals surface area contributed by atoms with Gasteiger partial charge in [0, 0.05) is 11.0 Å². The standard InChI is InChI=1S/C19H18NP/c1-4-13-7-9-15-16-10-8-14(20-21)12-18(16)19(5-2,6-3)17(15)11-13/h1,7-12,21H,5-6H2,2-3H3. The van der Waals surface area contributed by atoms with Gasteiger partial charge in [0.15, 0.2) is 0 Å². The van der Waals surface area contributed by atoms with Gasteiger partial charge in [0.05, 0.1) is 5.69 Å². The van der Waals surface area contributed by atoms with E-state index < -0.39 is 0 Å². The molecule has 0 unspecified atom stereocenters. The molecule has 0 heterocycles. The van der Waals surface area contributed by atoms with Gasteiger partial charge in [0.25, 0.3) is 0 Å². The van der Waals surface area contributed by atoms with Crippen LogP contribution in [-0.4, -0.2) is 0 Å². The molecule has 0 saturated carbocycles. The van der Waals surface area contributed by atoms with Crippen LogP contribution in [0.4, 0.5) is 5.69 Å². The van der Waals surface area contributed by atoms with Crippen molar-refractivity contribution in [2.24, 2.45) is 4.74 Å². The predicted octanol–water partition coefficient (Wildman–Crippen LogP) is 5.71. The van der Waals surface area contributed by atoms with E-state index in [1.807, 2.05) is 12.1 Å². The number of terminal acetylenes is 1. The largest absolute Gasteiger partial charge is 0.236 e. The molecular formula is C19H18NP. The van der Waals surface area contributed by atoms with Crippen molar-refractivity contribution in [2.75, 3.05) is 0 Å². The highest BCUT2D eigenvalue weighted by atomic mass is 31.0. The van der Waals surface area contributed by atoms with E-state index >= 15 is 0 Å². The van der Waals surface area contributed by atoms with E-state index in [1.54, 1.807) is 0 Å². The summed E-state index contributed by atoms with van der Waals surface area (Å²) < 4.78 is 4.15. The van der Waals surface area contributed by atoms with Crippen LogP contribution in [0.2, 0.25) is 0 Å². The Bertz CT molecular complexity index is 764. The maximum Gasteiger partial charge on any atom is 0.0675 e. The van der Waals surface area contributed by atoms with Crippen LogP contribution in [0.3, 0.4) is 0 Å². The number of hydrogen-bond donors (Lipinski definition) is 0. The van der Waals surface area contributed by atoms with Crippen LogP contribution in [0.1, 0.15) is 43.4 Å². The lowest BCUT2D eigenvalue weighted by molar-refractivity contribution is 0.490. The van der Waals surface area contributed by atoms with Crippen LogP contribution in [0.15, 0.2) is 41.1 Å². The molecule has 2 heteroatoms. The quantitative estimate of drug-likeness (QED) is 0.507. The van der Waals surface area contributed by atoms with E-state index in [1.165, 1.54) is 22.3 Å². The molecule has 0 aromatic heterocycles. The molecule has 0 N–H and O–H groups in total. The third-order valence-electron chi connectivity index (χ3n) is 4.85. The first-order chi connectivity index (χ1) is 10.2. The molecule has 0 radical (unpaired) electrons. The Morgan fingerprint density at radius 3 is 2.24 bits per heavy atom. The third-order valence-corrected chi connectivity index (χ3v) is 5.11. The molecule has 0 fully saturated rings. The lowest BCUT2D eigenvalue weighted by Crippen LogP contribution is -2.23. The number of hydrogen-bond acceptors (Lipinski definition) is 1. The van der Waals surface area contributed by atoms with Crippen LogP contribution in [0.5, 0.6) is 0 Å². The minimum absolute atomic E-state index is 0.0461. The van der Waals surface area contributed by atoms with Crippen LogP contribution in [0.25, 0.3) is 11.1 Å². The molecule has 0 saturated heterocycles. The molecule has 2 aromatic carbocycles. The van der Waals surface area contributed by atoms with Gasteiger partial charge >= 0.3 is 0 Å². The maximum absolute atomic E-state index is 5.59. The molecule has 0 bridgehead atoms. The zero-order valence-electron chi connectivity index (χ0n) is 12.4. The maximum atomic E-state index is 5.59. The second-order valence-electron chi connectivity index (χ2n) is 5.54. The minimum atomic E-state index is 0.0461. The minimum Gasteiger partial charge on any atom is -0.236 e. The lowest BCUT2D eigenvalue weighted by atomic mass is 9.73. The Balaban J connectivity index is 2.36. The predicted molar refractivity (Wildman–Crippen MR) is 91.6 cm³/mol. The SMILES string of the molecule is C#Cc1ccc2c(c1)C(CC)(CC)c1cc(N=P)ccc1-2. The van der Waals surface area contributed by atoms with Gasteiger partial charge in [-0.05, 0) is 68.4 Å². The monoisotopic (exact) mass is 291 g/mol.